The summed E-state index contributed by atoms with van der Waals surface area (Å²) in [7, 11) is 0. The molecule has 0 amide bonds. The topological polar surface area (TPSA) is 119 Å². The molecule has 0 unspecified atom stereocenters. The van der Waals surface area contributed by atoms with E-state index >= 15 is 0 Å². The van der Waals surface area contributed by atoms with Crippen LogP contribution in [0.25, 0.3) is 22.2 Å². The molecule has 0 aliphatic heterocycles. The summed E-state index contributed by atoms with van der Waals surface area (Å²) >= 11 is 0. The van der Waals surface area contributed by atoms with E-state index < -0.39 is 0 Å². The summed E-state index contributed by atoms with van der Waals surface area (Å²) in [6, 6.07) is 17.9. The fourth-order valence-corrected chi connectivity index (χ4v) is 2.26. The first kappa shape index (κ1) is 13.7. The number of nitrogens with two attached hydrogens (primary N) is 3. The van der Waals surface area contributed by atoms with Gasteiger partial charge in [-0.25, -0.2) is 4.99 Å². The summed E-state index contributed by atoms with van der Waals surface area (Å²) in [6.45, 7) is 0. The average Bonchev–Trinajstić information content (AvgIpc) is 2.90. The van der Waals surface area contributed by atoms with Gasteiger partial charge in [-0.1, -0.05) is 30.3 Å². The number of aromatic amines is 1. The van der Waals surface area contributed by atoms with E-state index in [9.17, 15) is 0 Å². The van der Waals surface area contributed by atoms with Crippen LogP contribution < -0.4 is 17.2 Å². The fraction of sp³-hybridized carbons (Fsp3) is 0. The molecule has 3 aromatic rings. The maximum absolute atomic E-state index is 5.65. The second-order valence-electron chi connectivity index (χ2n) is 4.83. The summed E-state index contributed by atoms with van der Waals surface area (Å²) in [6.07, 6.45) is 0. The molecule has 1 heterocycles. The van der Waals surface area contributed by atoms with E-state index in [2.05, 4.69) is 27.1 Å². The van der Waals surface area contributed by atoms with Crippen LogP contribution in [0.4, 0.5) is 5.69 Å². The van der Waals surface area contributed by atoms with Gasteiger partial charge in [0, 0.05) is 22.2 Å². The molecule has 0 aliphatic carbocycles. The highest BCUT2D eigenvalue weighted by Gasteiger charge is 2.03. The predicted molar refractivity (Wildman–Crippen MR) is 90.8 cm³/mol. The van der Waals surface area contributed by atoms with E-state index in [1.54, 1.807) is 0 Å². The largest absolute Gasteiger partial charge is 0.370 e. The Morgan fingerprint density at radius 1 is 0.909 bits per heavy atom. The molecule has 0 bridgehead atoms. The number of aromatic nitrogens is 1. The van der Waals surface area contributed by atoms with Crippen LogP contribution in [0.5, 0.6) is 0 Å². The number of benzene rings is 2. The van der Waals surface area contributed by atoms with Gasteiger partial charge in [0.1, 0.15) is 0 Å². The van der Waals surface area contributed by atoms with E-state index in [4.69, 9.17) is 17.2 Å². The first-order valence-corrected chi connectivity index (χ1v) is 6.74. The molecular weight excluding hydrogens is 276 g/mol. The molecule has 0 atom stereocenters. The minimum absolute atomic E-state index is 0.0220. The van der Waals surface area contributed by atoms with Crippen molar-refractivity contribution in [3.8, 4) is 11.3 Å². The molecule has 0 saturated carbocycles. The normalized spacial score (nSPS) is 11.5. The Labute approximate surface area is 127 Å². The maximum atomic E-state index is 5.65. The van der Waals surface area contributed by atoms with Crippen molar-refractivity contribution in [3.63, 3.8) is 0 Å². The molecule has 2 aromatic carbocycles. The van der Waals surface area contributed by atoms with Crippen LogP contribution in [0.15, 0.2) is 64.6 Å². The lowest BCUT2D eigenvalue weighted by Gasteiger charge is -2.00. The first-order valence-electron chi connectivity index (χ1n) is 6.74. The van der Waals surface area contributed by atoms with Crippen molar-refractivity contribution in [2.75, 3.05) is 0 Å². The first-order chi connectivity index (χ1) is 10.6. The summed E-state index contributed by atoms with van der Waals surface area (Å²) in [4.78, 5) is 11.3. The zero-order valence-corrected chi connectivity index (χ0v) is 11.8. The Morgan fingerprint density at radius 2 is 1.73 bits per heavy atom. The van der Waals surface area contributed by atoms with Gasteiger partial charge in [-0.2, -0.15) is 4.99 Å². The molecule has 6 heteroatoms. The lowest BCUT2D eigenvalue weighted by atomic mass is 10.1. The van der Waals surface area contributed by atoms with E-state index in [0.717, 1.165) is 22.2 Å². The number of aliphatic imine (C=N–C) groups is 2. The number of hydrogen-bond donors (Lipinski definition) is 4. The van der Waals surface area contributed by atoms with E-state index in [1.165, 1.54) is 0 Å². The van der Waals surface area contributed by atoms with Crippen molar-refractivity contribution < 1.29 is 0 Å². The number of fused-ring (bicyclic) bond motifs is 1. The zero-order valence-electron chi connectivity index (χ0n) is 11.8. The van der Waals surface area contributed by atoms with Gasteiger partial charge < -0.3 is 22.2 Å². The zero-order chi connectivity index (χ0) is 15.5. The lowest BCUT2D eigenvalue weighted by molar-refractivity contribution is 1.37. The monoisotopic (exact) mass is 292 g/mol. The molecule has 0 radical (unpaired) electrons. The predicted octanol–water partition coefficient (Wildman–Crippen LogP) is 2.05. The van der Waals surface area contributed by atoms with Crippen LogP contribution in [0, 0.1) is 0 Å². The number of hydrogen-bond acceptors (Lipinski definition) is 1. The molecule has 22 heavy (non-hydrogen) atoms. The molecular formula is C16H16N6. The van der Waals surface area contributed by atoms with Gasteiger partial charge in [0.15, 0.2) is 5.96 Å². The van der Waals surface area contributed by atoms with Crippen molar-refractivity contribution in [2.24, 2.45) is 27.2 Å². The van der Waals surface area contributed by atoms with Crippen LogP contribution in [0.3, 0.4) is 0 Å². The van der Waals surface area contributed by atoms with Gasteiger partial charge >= 0.3 is 0 Å². The molecule has 7 N–H and O–H groups in total. The molecule has 0 aliphatic rings. The smallest absolute Gasteiger partial charge is 0.223 e. The number of guanidine groups is 2. The SMILES string of the molecule is NC(N)=NC(N)=Nc1cccc(-c2cc3ccccc3[nH]2)c1. The molecule has 0 fully saturated rings. The second kappa shape index (κ2) is 5.61. The number of rotatable bonds is 2. The van der Waals surface area contributed by atoms with Crippen LogP contribution in [0.1, 0.15) is 0 Å². The highest BCUT2D eigenvalue weighted by Crippen LogP contribution is 2.26. The number of nitrogens with zero attached hydrogens (tertiary/aromatic N) is 2. The van der Waals surface area contributed by atoms with Gasteiger partial charge in [-0.3, -0.25) is 0 Å². The quantitative estimate of drug-likeness (QED) is 0.427. The van der Waals surface area contributed by atoms with Crippen LogP contribution in [-0.2, 0) is 0 Å². The third-order valence-corrected chi connectivity index (χ3v) is 3.17. The van der Waals surface area contributed by atoms with Gasteiger partial charge in [-0.05, 0) is 24.3 Å². The minimum Gasteiger partial charge on any atom is -0.370 e. The standard InChI is InChI=1S/C16H16N6/c17-15(18)22-16(19)20-12-6-3-5-10(8-12)14-9-11-4-1-2-7-13(11)21-14/h1-9,21H,(H6,17,18,19,20,22). The number of nitrogens with one attached hydrogen (secondary N) is 1. The number of H-pyrrole nitrogens is 1. The lowest BCUT2D eigenvalue weighted by Crippen LogP contribution is -2.26. The third kappa shape index (κ3) is 2.90. The van der Waals surface area contributed by atoms with Crippen LogP contribution >= 0.6 is 0 Å². The maximum Gasteiger partial charge on any atom is 0.223 e. The molecule has 0 spiro atoms. The molecule has 3 rings (SSSR count). The summed E-state index contributed by atoms with van der Waals surface area (Å²) in [5.41, 5.74) is 20.0. The van der Waals surface area contributed by atoms with Crippen molar-refractivity contribution in [2.45, 2.75) is 0 Å². The fourth-order valence-electron chi connectivity index (χ4n) is 2.26. The highest BCUT2D eigenvalue weighted by molar-refractivity contribution is 5.93. The van der Waals surface area contributed by atoms with Gasteiger partial charge in [-0.15, -0.1) is 0 Å². The van der Waals surface area contributed by atoms with Crippen molar-refractivity contribution >= 4 is 28.5 Å². The van der Waals surface area contributed by atoms with E-state index in [-0.39, 0.29) is 11.9 Å². The molecule has 1 aromatic heterocycles. The van der Waals surface area contributed by atoms with Gasteiger partial charge in [0.25, 0.3) is 0 Å². The molecule has 0 saturated heterocycles. The Morgan fingerprint density at radius 3 is 2.50 bits per heavy atom. The Kier molecular flexibility index (Phi) is 3.49. The van der Waals surface area contributed by atoms with Crippen LogP contribution in [0.2, 0.25) is 0 Å². The summed E-state index contributed by atoms with van der Waals surface area (Å²) in [5.74, 6) is -0.0955. The summed E-state index contributed by atoms with van der Waals surface area (Å²) < 4.78 is 0. The van der Waals surface area contributed by atoms with E-state index in [0.29, 0.717) is 5.69 Å². The Bertz CT molecular complexity index is 838. The summed E-state index contributed by atoms with van der Waals surface area (Å²) in [5, 5.41) is 1.16. The Hall–Kier alpha value is -3.28. The highest BCUT2D eigenvalue weighted by atomic mass is 15.1. The molecule has 6 nitrogen and oxygen atoms in total. The van der Waals surface area contributed by atoms with E-state index in [1.807, 2.05) is 42.5 Å². The molecule has 110 valence electrons. The van der Waals surface area contributed by atoms with Crippen molar-refractivity contribution in [1.29, 1.82) is 0 Å². The van der Waals surface area contributed by atoms with Crippen molar-refractivity contribution in [3.05, 3.63) is 54.6 Å². The third-order valence-electron chi connectivity index (χ3n) is 3.17. The Balaban J connectivity index is 1.99. The minimum atomic E-state index is -0.118. The van der Waals surface area contributed by atoms with Crippen LogP contribution in [-0.4, -0.2) is 16.9 Å². The van der Waals surface area contributed by atoms with Crippen molar-refractivity contribution in [1.82, 2.24) is 4.98 Å². The second-order valence-corrected chi connectivity index (χ2v) is 4.83. The number of para-hydroxylation sites is 1. The average molecular weight is 292 g/mol. The van der Waals surface area contributed by atoms with Gasteiger partial charge in [0.2, 0.25) is 5.96 Å². The van der Waals surface area contributed by atoms with Gasteiger partial charge in [0.05, 0.1) is 5.69 Å².